The van der Waals surface area contributed by atoms with Crippen LogP contribution in [0.4, 0.5) is 5.82 Å². The number of rotatable bonds is 15. The van der Waals surface area contributed by atoms with Crippen molar-refractivity contribution in [3.8, 4) is 0 Å². The lowest BCUT2D eigenvalue weighted by Crippen LogP contribution is -2.32. The molecule has 2 aromatic rings. The van der Waals surface area contributed by atoms with Crippen molar-refractivity contribution in [3.63, 3.8) is 0 Å². The van der Waals surface area contributed by atoms with Crippen molar-refractivity contribution in [3.05, 3.63) is 36.2 Å². The molecule has 3 heterocycles. The number of carbonyl (C=O) groups is 1. The molecule has 0 bridgehead atoms. The second-order valence-corrected chi connectivity index (χ2v) is 11.0. The van der Waals surface area contributed by atoms with Gasteiger partial charge >= 0.3 is 5.97 Å². The van der Waals surface area contributed by atoms with E-state index in [2.05, 4.69) is 72.8 Å². The highest BCUT2D eigenvalue weighted by molar-refractivity contribution is 7.80. The van der Waals surface area contributed by atoms with Gasteiger partial charge in [-0.3, -0.25) is 4.79 Å². The zero-order valence-corrected chi connectivity index (χ0v) is 25.4. The molecular weight excluding hydrogens is 506 g/mol. The van der Waals surface area contributed by atoms with Crippen molar-refractivity contribution in [1.29, 1.82) is 0 Å². The molecule has 0 aliphatic carbocycles. The zero-order valence-electron chi connectivity index (χ0n) is 24.6. The molecule has 0 saturated heterocycles. The van der Waals surface area contributed by atoms with Crippen molar-refractivity contribution in [2.75, 3.05) is 18.4 Å². The summed E-state index contributed by atoms with van der Waals surface area (Å²) in [5.74, 6) is 0.523. The van der Waals surface area contributed by atoms with E-state index in [1.165, 1.54) is 50.5 Å². The number of pyridine rings is 1. The second kappa shape index (κ2) is 18.6. The Kier molecular flexibility index (Phi) is 15.6. The summed E-state index contributed by atoms with van der Waals surface area (Å²) in [5, 5.41) is 15.4. The van der Waals surface area contributed by atoms with Gasteiger partial charge in [0, 0.05) is 43.2 Å². The van der Waals surface area contributed by atoms with Gasteiger partial charge in [-0.2, -0.15) is 0 Å². The molecule has 0 saturated carbocycles. The minimum Gasteiger partial charge on any atom is -0.481 e. The van der Waals surface area contributed by atoms with Crippen LogP contribution < -0.4 is 10.6 Å². The fourth-order valence-corrected chi connectivity index (χ4v) is 5.09. The van der Waals surface area contributed by atoms with Crippen LogP contribution in [-0.4, -0.2) is 50.2 Å². The van der Waals surface area contributed by atoms with Crippen LogP contribution in [0.15, 0.2) is 30.6 Å². The van der Waals surface area contributed by atoms with E-state index in [0.29, 0.717) is 23.5 Å². The number of anilines is 1. The van der Waals surface area contributed by atoms with E-state index in [9.17, 15) is 4.79 Å². The fourth-order valence-electron chi connectivity index (χ4n) is 4.89. The van der Waals surface area contributed by atoms with Gasteiger partial charge in [0.1, 0.15) is 5.82 Å². The van der Waals surface area contributed by atoms with Crippen LogP contribution in [0.5, 0.6) is 0 Å². The summed E-state index contributed by atoms with van der Waals surface area (Å²) in [6.07, 6.45) is 20.0. The number of unbranched alkanes of at least 4 members (excludes halogenated alkanes) is 6. The number of thiocarbonyl (C=S) groups is 1. The fraction of sp³-hybridized carbons (Fsp3) is 0.645. The summed E-state index contributed by atoms with van der Waals surface area (Å²) in [6, 6.07) is 4.65. The molecular formula is C31H51N5O2S. The highest BCUT2D eigenvalue weighted by atomic mass is 32.1. The molecule has 218 valence electrons. The van der Waals surface area contributed by atoms with Crippen LogP contribution in [0.25, 0.3) is 11.0 Å². The van der Waals surface area contributed by atoms with Crippen LogP contribution in [0.2, 0.25) is 0 Å². The van der Waals surface area contributed by atoms with E-state index in [4.69, 9.17) is 22.3 Å². The average molecular weight is 558 g/mol. The van der Waals surface area contributed by atoms with E-state index in [-0.39, 0.29) is 0 Å². The van der Waals surface area contributed by atoms with Gasteiger partial charge in [0.15, 0.2) is 5.11 Å². The van der Waals surface area contributed by atoms with Crippen molar-refractivity contribution in [2.45, 2.75) is 117 Å². The van der Waals surface area contributed by atoms with Crippen LogP contribution in [0, 0.1) is 0 Å². The highest BCUT2D eigenvalue weighted by Crippen LogP contribution is 2.32. The Balaban J connectivity index is 0.000000377. The van der Waals surface area contributed by atoms with E-state index in [1.807, 2.05) is 6.07 Å². The number of hydrogen-bond donors (Lipinski definition) is 4. The van der Waals surface area contributed by atoms with Gasteiger partial charge in [-0.1, -0.05) is 71.8 Å². The van der Waals surface area contributed by atoms with Crippen molar-refractivity contribution in [1.82, 2.24) is 20.2 Å². The number of aromatic nitrogens is 2. The number of hydrogen-bond acceptors (Lipinski definition) is 4. The highest BCUT2D eigenvalue weighted by Gasteiger charge is 2.21. The maximum Gasteiger partial charge on any atom is 0.303 e. The Morgan fingerprint density at radius 3 is 2.51 bits per heavy atom. The van der Waals surface area contributed by atoms with E-state index in [1.54, 1.807) is 0 Å². The first-order valence-electron chi connectivity index (χ1n) is 15.1. The summed E-state index contributed by atoms with van der Waals surface area (Å²) in [7, 11) is 0. The maximum absolute atomic E-state index is 10.1. The standard InChI is InChI=1S/C21H31N5S.C10H20O2/c1-4-6-15(3)26-12-9-16(10-13-26)17-14-23-18-7-8-19(24-20(17)18)25-21(27)22-11-5-2;1-2-3-4-5-6-7-8-9-10(11)12/h7-9,12,14-16,23H,4-6,10-11,13H2,1-3H3,(H2,22,24,25,27);2-9H2,1H3,(H,11,12). The van der Waals surface area contributed by atoms with Crippen molar-refractivity contribution in [2.24, 2.45) is 0 Å². The first-order valence-corrected chi connectivity index (χ1v) is 15.5. The number of aromatic amines is 1. The number of fused-ring (bicyclic) bond motifs is 1. The Bertz CT molecular complexity index is 1020. The topological polar surface area (TPSA) is 93.3 Å². The molecule has 0 fully saturated rings. The third kappa shape index (κ3) is 12.0. The SMILES string of the molecule is CCCCCCCCCC(=O)O.CCCNC(=S)Nc1ccc2[nH]cc(C3C=CN(C(C)CCC)CC3)c2n1. The molecule has 1 aliphatic heterocycles. The van der Waals surface area contributed by atoms with Gasteiger partial charge in [0.2, 0.25) is 0 Å². The summed E-state index contributed by atoms with van der Waals surface area (Å²) in [6.45, 7) is 10.8. The number of aliphatic carboxylic acids is 1. The first-order chi connectivity index (χ1) is 18.9. The lowest BCUT2D eigenvalue weighted by molar-refractivity contribution is -0.137. The lowest BCUT2D eigenvalue weighted by Gasteiger charge is -2.32. The van der Waals surface area contributed by atoms with Crippen molar-refractivity contribution >= 4 is 40.2 Å². The smallest absolute Gasteiger partial charge is 0.303 e. The largest absolute Gasteiger partial charge is 0.481 e. The quantitative estimate of drug-likeness (QED) is 0.130. The van der Waals surface area contributed by atoms with Crippen LogP contribution >= 0.6 is 12.2 Å². The van der Waals surface area contributed by atoms with Gasteiger partial charge in [-0.05, 0) is 63.2 Å². The number of nitrogens with one attached hydrogen (secondary N) is 3. The monoisotopic (exact) mass is 557 g/mol. The molecule has 4 N–H and O–H groups in total. The summed E-state index contributed by atoms with van der Waals surface area (Å²) in [4.78, 5) is 20.8. The Morgan fingerprint density at radius 2 is 1.87 bits per heavy atom. The van der Waals surface area contributed by atoms with Crippen LogP contribution in [0.1, 0.15) is 116 Å². The Labute approximate surface area is 241 Å². The predicted molar refractivity (Wildman–Crippen MR) is 168 cm³/mol. The molecule has 0 aromatic carbocycles. The zero-order chi connectivity index (χ0) is 28.5. The number of carboxylic acids is 1. The van der Waals surface area contributed by atoms with E-state index < -0.39 is 5.97 Å². The molecule has 0 spiro atoms. The van der Waals surface area contributed by atoms with Gasteiger partial charge in [0.25, 0.3) is 0 Å². The van der Waals surface area contributed by atoms with Crippen molar-refractivity contribution < 1.29 is 9.90 Å². The minimum absolute atomic E-state index is 0.341. The molecule has 2 atom stereocenters. The van der Waals surface area contributed by atoms with Gasteiger partial charge in [-0.25, -0.2) is 4.98 Å². The van der Waals surface area contributed by atoms with E-state index >= 15 is 0 Å². The number of H-pyrrole nitrogens is 1. The Hall–Kier alpha value is -2.61. The molecule has 3 rings (SSSR count). The molecule has 2 unspecified atom stereocenters. The molecule has 1 aliphatic rings. The molecule has 7 nitrogen and oxygen atoms in total. The second-order valence-electron chi connectivity index (χ2n) is 10.6. The molecule has 39 heavy (non-hydrogen) atoms. The third-order valence-corrected chi connectivity index (χ3v) is 7.45. The first kappa shape index (κ1) is 32.6. The van der Waals surface area contributed by atoms with Gasteiger partial charge < -0.3 is 25.6 Å². The van der Waals surface area contributed by atoms with Crippen LogP contribution in [0.3, 0.4) is 0 Å². The molecule has 8 heteroatoms. The third-order valence-electron chi connectivity index (χ3n) is 7.20. The summed E-state index contributed by atoms with van der Waals surface area (Å²) >= 11 is 5.33. The lowest BCUT2D eigenvalue weighted by atomic mass is 9.94. The van der Waals surface area contributed by atoms with Gasteiger partial charge in [-0.15, -0.1) is 0 Å². The normalized spacial score (nSPS) is 15.5. The van der Waals surface area contributed by atoms with Gasteiger partial charge in [0.05, 0.1) is 11.0 Å². The Morgan fingerprint density at radius 1 is 1.13 bits per heavy atom. The van der Waals surface area contributed by atoms with Crippen LogP contribution in [-0.2, 0) is 4.79 Å². The predicted octanol–water partition coefficient (Wildman–Crippen LogP) is 7.96. The summed E-state index contributed by atoms with van der Waals surface area (Å²) in [5.41, 5.74) is 3.36. The number of nitrogens with zero attached hydrogens (tertiary/aromatic N) is 2. The molecule has 0 radical (unpaired) electrons. The average Bonchev–Trinajstić information content (AvgIpc) is 3.35. The number of carboxylic acid groups (broad SMARTS) is 1. The summed E-state index contributed by atoms with van der Waals surface area (Å²) < 4.78 is 0. The molecule has 2 aromatic heterocycles. The van der Waals surface area contributed by atoms with E-state index in [0.717, 1.165) is 55.6 Å². The molecule has 0 amide bonds. The minimum atomic E-state index is -0.663. The number of allylic oxidation sites excluding steroid dienone is 1. The maximum atomic E-state index is 10.1.